The van der Waals surface area contributed by atoms with E-state index >= 15 is 0 Å². The molecule has 0 aromatic heterocycles. The smallest absolute Gasteiger partial charge is 0.258 e. The molecule has 1 heterocycles. The number of aliphatic hydroxyl groups excluding tert-OH is 2. The average molecular weight is 805 g/mol. The van der Waals surface area contributed by atoms with Crippen LogP contribution in [0.2, 0.25) is 0 Å². The maximum atomic E-state index is 14.0. The minimum absolute atomic E-state index is 0. The number of hydrogen-bond acceptors (Lipinski definition) is 14. The van der Waals surface area contributed by atoms with Gasteiger partial charge in [0.1, 0.15) is 22.8 Å². The molecular weight excluding hydrogens is 764 g/mol. The highest BCUT2D eigenvalue weighted by Crippen LogP contribution is 2.53. The third-order valence-corrected chi connectivity index (χ3v) is 11.0. The molecule has 1 aliphatic heterocycles. The minimum atomic E-state index is -2.15. The van der Waals surface area contributed by atoms with E-state index in [-0.39, 0.29) is 64.9 Å². The van der Waals surface area contributed by atoms with E-state index in [1.54, 1.807) is 19.1 Å². The molecule has 3 aromatic rings. The highest BCUT2D eigenvalue weighted by molar-refractivity contribution is 6.31. The quantitative estimate of drug-likeness (QED) is 0.0551. The first-order valence-electron chi connectivity index (χ1n) is 18.0. The molecule has 0 saturated heterocycles. The second-order valence-electron chi connectivity index (χ2n) is 14.6. The number of methoxy groups -OCH3 is 1. The van der Waals surface area contributed by atoms with Crippen LogP contribution in [0.25, 0.3) is 0 Å². The van der Waals surface area contributed by atoms with Gasteiger partial charge in [0, 0.05) is 47.7 Å². The fraction of sp³-hybridized carbons (Fsp3) is 0.350. The van der Waals surface area contributed by atoms with Gasteiger partial charge in [0.2, 0.25) is 11.7 Å². The van der Waals surface area contributed by atoms with Crippen molar-refractivity contribution in [3.05, 3.63) is 93.6 Å². The average Bonchev–Trinajstić information content (AvgIpc) is 3.50. The Labute approximate surface area is 332 Å². The summed E-state index contributed by atoms with van der Waals surface area (Å²) >= 11 is 0. The number of ketones is 2. The molecule has 3 amide bonds. The van der Waals surface area contributed by atoms with Crippen molar-refractivity contribution < 1.29 is 59.0 Å². The predicted octanol–water partition coefficient (Wildman–Crippen LogP) is 1.66. The summed E-state index contributed by atoms with van der Waals surface area (Å²) < 4.78 is 11.8. The first-order chi connectivity index (χ1) is 26.7. The van der Waals surface area contributed by atoms with Crippen molar-refractivity contribution in [2.75, 3.05) is 18.6 Å². The number of aliphatic hydroxyl groups is 3. The Morgan fingerprint density at radius 3 is 2.28 bits per heavy atom. The Morgan fingerprint density at radius 2 is 1.65 bits per heavy atom. The lowest BCUT2D eigenvalue weighted by atomic mass is 9.71. The topological polar surface area (TPSA) is 259 Å². The molecule has 8 N–H and O–H groups in total. The van der Waals surface area contributed by atoms with Gasteiger partial charge in [-0.3, -0.25) is 24.0 Å². The number of phenolic OH excluding ortho intramolecular Hbond substituents is 2. The second kappa shape index (κ2) is 15.8. The predicted molar refractivity (Wildman–Crippen MR) is 205 cm³/mol. The largest absolute Gasteiger partial charge is 0.507 e. The third-order valence-electron chi connectivity index (χ3n) is 11.0. The van der Waals surface area contributed by atoms with Crippen LogP contribution in [0, 0.1) is 5.92 Å². The van der Waals surface area contributed by atoms with Crippen molar-refractivity contribution in [2.24, 2.45) is 16.8 Å². The molecule has 1 saturated carbocycles. The van der Waals surface area contributed by atoms with Gasteiger partial charge in [0.25, 0.3) is 11.8 Å². The molecule has 57 heavy (non-hydrogen) atoms. The van der Waals surface area contributed by atoms with E-state index in [0.717, 1.165) is 17.1 Å². The summed E-state index contributed by atoms with van der Waals surface area (Å²) in [5.41, 5.74) is 5.57. The van der Waals surface area contributed by atoms with Crippen LogP contribution in [-0.4, -0.2) is 98.1 Å². The molecule has 0 radical (unpaired) electrons. The standard InChI is InChI=1S/C40H40N4O12.ClH/c1-18-12-21(14-24(41)35(18)49)56-26-16-40(54,27(17-45)42-43-28(46)13-19-6-8-20(9-7-19)44-29(47)10-11-30(44)48)15-23-32(26)39(53)34-33(37(23)51)36(50)22-4-3-5-25(55-2)31(22)38(34)52;/h3-11,18,21,24,26,35,45,49,51,53-54H,12-17,41H2,1-2H3,(H,43,46);1H/b42-27+;/t18?,21?,24?,26-,35?,40-;/m0./s1. The summed E-state index contributed by atoms with van der Waals surface area (Å²) in [5, 5.41) is 61.0. The molecule has 16 nitrogen and oxygen atoms in total. The minimum Gasteiger partial charge on any atom is -0.507 e. The Kier molecular flexibility index (Phi) is 11.4. The van der Waals surface area contributed by atoms with Crippen LogP contribution in [0.1, 0.15) is 80.8 Å². The highest BCUT2D eigenvalue weighted by atomic mass is 35.5. The van der Waals surface area contributed by atoms with Crippen LogP contribution in [0.5, 0.6) is 17.2 Å². The van der Waals surface area contributed by atoms with Crippen LogP contribution in [0.4, 0.5) is 5.69 Å². The Hall–Kier alpha value is -5.49. The number of nitrogens with one attached hydrogen (secondary N) is 1. The number of ether oxygens (including phenoxy) is 2. The van der Waals surface area contributed by atoms with Gasteiger partial charge >= 0.3 is 0 Å². The van der Waals surface area contributed by atoms with E-state index in [9.17, 15) is 49.5 Å². The number of nitrogens with zero attached hydrogens (tertiary/aromatic N) is 2. The lowest BCUT2D eigenvalue weighted by molar-refractivity contribution is -0.121. The fourth-order valence-electron chi connectivity index (χ4n) is 8.17. The number of phenols is 2. The number of anilines is 1. The zero-order chi connectivity index (χ0) is 40.2. The van der Waals surface area contributed by atoms with Crippen LogP contribution in [0.3, 0.4) is 0 Å². The zero-order valence-electron chi connectivity index (χ0n) is 30.8. The molecule has 6 atom stereocenters. The molecule has 0 bridgehead atoms. The molecule has 0 spiro atoms. The van der Waals surface area contributed by atoms with Crippen LogP contribution in [-0.2, 0) is 32.0 Å². The SMILES string of the molecule is COc1cccc2c1C(=O)c1c(O)c3c(c(O)c1C2=O)C[C@@](O)(/C(CO)=N/NC(=O)Cc1ccc(N2C(=O)C=CC2=O)cc1)C[C@@H]3OC1CC(C)C(O)C(N)C1.Cl. The van der Waals surface area contributed by atoms with Crippen molar-refractivity contribution in [1.29, 1.82) is 0 Å². The van der Waals surface area contributed by atoms with Gasteiger partial charge in [-0.1, -0.05) is 31.2 Å². The Balaban J connectivity index is 0.00000549. The first-order valence-corrected chi connectivity index (χ1v) is 18.0. The molecule has 17 heteroatoms. The van der Waals surface area contributed by atoms with Gasteiger partial charge < -0.3 is 40.7 Å². The van der Waals surface area contributed by atoms with E-state index in [1.807, 2.05) is 0 Å². The number of imide groups is 1. The van der Waals surface area contributed by atoms with Gasteiger partial charge in [-0.2, -0.15) is 5.10 Å². The number of amides is 3. The molecule has 7 rings (SSSR count). The molecule has 300 valence electrons. The number of fused-ring (bicyclic) bond motifs is 3. The second-order valence-corrected chi connectivity index (χ2v) is 14.6. The number of aromatic hydroxyl groups is 2. The lowest BCUT2D eigenvalue weighted by Gasteiger charge is -2.43. The van der Waals surface area contributed by atoms with Gasteiger partial charge in [-0.15, -0.1) is 12.4 Å². The summed E-state index contributed by atoms with van der Waals surface area (Å²) in [6, 6.07) is 9.82. The van der Waals surface area contributed by atoms with Gasteiger partial charge in [0.15, 0.2) is 5.78 Å². The van der Waals surface area contributed by atoms with E-state index in [0.29, 0.717) is 17.7 Å². The number of hydrogen-bond donors (Lipinski definition) is 7. The van der Waals surface area contributed by atoms with E-state index in [4.69, 9.17) is 15.2 Å². The molecule has 3 aliphatic carbocycles. The van der Waals surface area contributed by atoms with Crippen molar-refractivity contribution >= 4 is 53.1 Å². The van der Waals surface area contributed by atoms with Gasteiger partial charge in [0.05, 0.1) is 66.5 Å². The number of halogens is 1. The number of rotatable bonds is 9. The van der Waals surface area contributed by atoms with Crippen molar-refractivity contribution in [2.45, 2.75) is 69.0 Å². The summed E-state index contributed by atoms with van der Waals surface area (Å²) in [5.74, 6) is -4.71. The molecule has 1 fully saturated rings. The third kappa shape index (κ3) is 7.20. The number of hydrazone groups is 1. The molecule has 3 aromatic carbocycles. The summed E-state index contributed by atoms with van der Waals surface area (Å²) in [7, 11) is 1.33. The maximum absolute atomic E-state index is 14.0. The highest BCUT2D eigenvalue weighted by Gasteiger charge is 2.49. The maximum Gasteiger partial charge on any atom is 0.258 e. The fourth-order valence-corrected chi connectivity index (χ4v) is 8.17. The molecule has 4 aliphatic rings. The first kappa shape index (κ1) is 41.2. The van der Waals surface area contributed by atoms with Crippen LogP contribution in [0.15, 0.2) is 59.7 Å². The van der Waals surface area contributed by atoms with Crippen LogP contribution >= 0.6 is 12.4 Å². The summed E-state index contributed by atoms with van der Waals surface area (Å²) in [6.45, 7) is 0.916. The monoisotopic (exact) mass is 804 g/mol. The van der Waals surface area contributed by atoms with Gasteiger partial charge in [-0.25, -0.2) is 10.3 Å². The van der Waals surface area contributed by atoms with Gasteiger partial charge in [-0.05, 0) is 42.5 Å². The van der Waals surface area contributed by atoms with E-state index < -0.39 is 101 Å². The molecule has 4 unspecified atom stereocenters. The van der Waals surface area contributed by atoms with E-state index in [1.165, 1.54) is 37.4 Å². The van der Waals surface area contributed by atoms with Crippen molar-refractivity contribution in [3.63, 3.8) is 0 Å². The number of benzene rings is 3. The molecular formula is C40H41ClN4O12. The van der Waals surface area contributed by atoms with Crippen LogP contribution < -0.4 is 20.8 Å². The summed E-state index contributed by atoms with van der Waals surface area (Å²) in [6.07, 6.45) is -1.03. The Bertz CT molecular complexity index is 2210. The normalized spacial score (nSPS) is 25.4. The van der Waals surface area contributed by atoms with Crippen molar-refractivity contribution in [1.82, 2.24) is 5.43 Å². The Morgan fingerprint density at radius 1 is 0.982 bits per heavy atom. The van der Waals surface area contributed by atoms with Crippen molar-refractivity contribution in [3.8, 4) is 17.2 Å². The summed E-state index contributed by atoms with van der Waals surface area (Å²) in [4.78, 5) is 66.0. The number of carbonyl (C=O) groups excluding carboxylic acids is 5. The number of carbonyl (C=O) groups is 5. The zero-order valence-corrected chi connectivity index (χ0v) is 31.6. The number of nitrogens with two attached hydrogens (primary N) is 1. The lowest BCUT2D eigenvalue weighted by Crippen LogP contribution is -2.50. The van der Waals surface area contributed by atoms with E-state index in [2.05, 4.69) is 10.5 Å².